The maximum absolute atomic E-state index is 5.53. The molecule has 2 aromatic carbocycles. The molecule has 0 amide bonds. The maximum Gasteiger partial charge on any atom is 0.119 e. The number of hydrogen-bond acceptors (Lipinski definition) is 2. The smallest absolute Gasteiger partial charge is 0.119 e. The summed E-state index contributed by atoms with van der Waals surface area (Å²) in [5, 5.41) is 3.60. The highest BCUT2D eigenvalue weighted by Gasteiger charge is 2.15. The van der Waals surface area contributed by atoms with Crippen LogP contribution in [-0.4, -0.2) is 13.2 Å². The van der Waals surface area contributed by atoms with Crippen LogP contribution in [0.15, 0.2) is 48.5 Å². The van der Waals surface area contributed by atoms with Gasteiger partial charge < -0.3 is 10.1 Å². The summed E-state index contributed by atoms with van der Waals surface area (Å²) in [4.78, 5) is 0. The predicted octanol–water partition coefficient (Wildman–Crippen LogP) is 4.35. The van der Waals surface area contributed by atoms with Crippen molar-refractivity contribution in [2.75, 3.05) is 13.2 Å². The van der Waals surface area contributed by atoms with E-state index in [0.717, 1.165) is 18.7 Å². The molecule has 0 aliphatic heterocycles. The van der Waals surface area contributed by atoms with Gasteiger partial charge in [-0.15, -0.1) is 0 Å². The van der Waals surface area contributed by atoms with E-state index in [1.165, 1.54) is 16.7 Å². The highest BCUT2D eigenvalue weighted by atomic mass is 16.5. The summed E-state index contributed by atoms with van der Waals surface area (Å²) in [6.45, 7) is 8.01. The zero-order chi connectivity index (χ0) is 15.1. The molecule has 112 valence electrons. The topological polar surface area (TPSA) is 21.3 Å². The van der Waals surface area contributed by atoms with Gasteiger partial charge in [-0.05, 0) is 48.7 Å². The van der Waals surface area contributed by atoms with E-state index in [4.69, 9.17) is 4.74 Å². The maximum atomic E-state index is 5.53. The van der Waals surface area contributed by atoms with Gasteiger partial charge in [0.25, 0.3) is 0 Å². The van der Waals surface area contributed by atoms with E-state index in [1.54, 1.807) is 0 Å². The van der Waals surface area contributed by atoms with Gasteiger partial charge >= 0.3 is 0 Å². The summed E-state index contributed by atoms with van der Waals surface area (Å²) in [5.74, 6) is 0.931. The van der Waals surface area contributed by atoms with Gasteiger partial charge in [-0.25, -0.2) is 0 Å². The van der Waals surface area contributed by atoms with Crippen LogP contribution in [0.2, 0.25) is 0 Å². The Hall–Kier alpha value is -1.80. The molecule has 21 heavy (non-hydrogen) atoms. The summed E-state index contributed by atoms with van der Waals surface area (Å²) in [7, 11) is 0. The predicted molar refractivity (Wildman–Crippen MR) is 89.0 cm³/mol. The van der Waals surface area contributed by atoms with Crippen molar-refractivity contribution < 1.29 is 4.74 Å². The molecule has 2 nitrogen and oxygen atoms in total. The van der Waals surface area contributed by atoms with Crippen molar-refractivity contribution in [1.82, 2.24) is 5.32 Å². The summed E-state index contributed by atoms with van der Waals surface area (Å²) in [5.41, 5.74) is 4.05. The highest BCUT2D eigenvalue weighted by molar-refractivity contribution is 5.39. The molecular formula is C19H25NO. The first kappa shape index (κ1) is 15.6. The van der Waals surface area contributed by atoms with Crippen molar-refractivity contribution in [3.8, 4) is 5.75 Å². The van der Waals surface area contributed by atoms with Crippen LogP contribution in [0, 0.1) is 0 Å². The Balaban J connectivity index is 2.33. The van der Waals surface area contributed by atoms with E-state index >= 15 is 0 Å². The average Bonchev–Trinajstić information content (AvgIpc) is 2.54. The zero-order valence-corrected chi connectivity index (χ0v) is 13.2. The molecule has 2 rings (SSSR count). The molecule has 0 radical (unpaired) electrons. The van der Waals surface area contributed by atoms with Crippen molar-refractivity contribution in [2.45, 2.75) is 33.2 Å². The molecule has 0 saturated heterocycles. The van der Waals surface area contributed by atoms with Gasteiger partial charge in [-0.1, -0.05) is 50.2 Å². The first-order valence-electron chi connectivity index (χ1n) is 7.84. The molecule has 1 atom stereocenters. The third-order valence-corrected chi connectivity index (χ3v) is 3.68. The van der Waals surface area contributed by atoms with Crippen molar-refractivity contribution in [1.29, 1.82) is 0 Å². The molecule has 0 aliphatic carbocycles. The Labute approximate surface area is 128 Å². The van der Waals surface area contributed by atoms with E-state index in [-0.39, 0.29) is 6.04 Å². The molecule has 1 N–H and O–H groups in total. The molecule has 0 saturated carbocycles. The molecule has 0 heterocycles. The number of benzene rings is 2. The van der Waals surface area contributed by atoms with Gasteiger partial charge in [0.2, 0.25) is 0 Å². The van der Waals surface area contributed by atoms with Crippen molar-refractivity contribution in [3.63, 3.8) is 0 Å². The monoisotopic (exact) mass is 283 g/mol. The number of ether oxygens (including phenoxy) is 1. The summed E-state index contributed by atoms with van der Waals surface area (Å²) in [6.07, 6.45) is 1.05. The van der Waals surface area contributed by atoms with Gasteiger partial charge in [0.1, 0.15) is 5.75 Å². The number of nitrogens with one attached hydrogen (secondary N) is 1. The minimum absolute atomic E-state index is 0.238. The van der Waals surface area contributed by atoms with Gasteiger partial charge in [-0.2, -0.15) is 0 Å². The fourth-order valence-electron chi connectivity index (χ4n) is 2.67. The zero-order valence-electron chi connectivity index (χ0n) is 13.2. The Kier molecular flexibility index (Phi) is 5.82. The normalized spacial score (nSPS) is 12.1. The van der Waals surface area contributed by atoms with Crippen molar-refractivity contribution in [2.24, 2.45) is 0 Å². The van der Waals surface area contributed by atoms with Crippen LogP contribution in [0.25, 0.3) is 0 Å². The van der Waals surface area contributed by atoms with E-state index < -0.39 is 0 Å². The number of aryl methyl sites for hydroxylation is 1. The lowest BCUT2D eigenvalue weighted by Crippen LogP contribution is -2.23. The van der Waals surface area contributed by atoms with Gasteiger partial charge in [0, 0.05) is 0 Å². The lowest BCUT2D eigenvalue weighted by molar-refractivity contribution is 0.340. The van der Waals surface area contributed by atoms with Crippen LogP contribution < -0.4 is 10.1 Å². The lowest BCUT2D eigenvalue weighted by atomic mass is 9.93. The fraction of sp³-hybridized carbons (Fsp3) is 0.368. The van der Waals surface area contributed by atoms with Crippen LogP contribution in [-0.2, 0) is 6.42 Å². The first-order valence-corrected chi connectivity index (χ1v) is 7.84. The van der Waals surface area contributed by atoms with Gasteiger partial charge in [-0.3, -0.25) is 0 Å². The molecule has 0 bridgehead atoms. The van der Waals surface area contributed by atoms with E-state index in [2.05, 4.69) is 67.7 Å². The second-order valence-corrected chi connectivity index (χ2v) is 5.05. The van der Waals surface area contributed by atoms with Crippen LogP contribution >= 0.6 is 0 Å². The molecule has 0 fully saturated rings. The quantitative estimate of drug-likeness (QED) is 0.816. The van der Waals surface area contributed by atoms with Crippen molar-refractivity contribution in [3.05, 3.63) is 65.2 Å². The molecule has 0 aromatic heterocycles. The molecular weight excluding hydrogens is 258 g/mol. The van der Waals surface area contributed by atoms with E-state index in [0.29, 0.717) is 6.61 Å². The molecule has 0 aliphatic rings. The Morgan fingerprint density at radius 3 is 2.29 bits per heavy atom. The standard InChI is InChI=1S/C19H25NO/c1-4-15-9-7-8-10-18(15)19(20-5-2)16-11-13-17(14-12-16)21-6-3/h7-14,19-20H,4-6H2,1-3H3. The van der Waals surface area contributed by atoms with Crippen LogP contribution in [0.3, 0.4) is 0 Å². The number of hydrogen-bond donors (Lipinski definition) is 1. The van der Waals surface area contributed by atoms with Crippen LogP contribution in [0.1, 0.15) is 43.5 Å². The van der Waals surface area contributed by atoms with Crippen molar-refractivity contribution >= 4 is 0 Å². The lowest BCUT2D eigenvalue weighted by Gasteiger charge is -2.22. The second-order valence-electron chi connectivity index (χ2n) is 5.05. The van der Waals surface area contributed by atoms with Crippen LogP contribution in [0.5, 0.6) is 5.75 Å². The Bertz CT molecular complexity index is 548. The average molecular weight is 283 g/mol. The van der Waals surface area contributed by atoms with Gasteiger partial charge in [0.05, 0.1) is 12.6 Å². The Morgan fingerprint density at radius 1 is 0.952 bits per heavy atom. The third kappa shape index (κ3) is 3.85. The first-order chi connectivity index (χ1) is 10.3. The molecule has 0 spiro atoms. The fourth-order valence-corrected chi connectivity index (χ4v) is 2.67. The summed E-state index contributed by atoms with van der Waals surface area (Å²) in [6, 6.07) is 17.3. The summed E-state index contributed by atoms with van der Waals surface area (Å²) < 4.78 is 5.53. The minimum Gasteiger partial charge on any atom is -0.494 e. The molecule has 1 unspecified atom stereocenters. The highest BCUT2D eigenvalue weighted by Crippen LogP contribution is 2.27. The van der Waals surface area contributed by atoms with E-state index in [9.17, 15) is 0 Å². The second kappa shape index (κ2) is 7.84. The third-order valence-electron chi connectivity index (χ3n) is 3.68. The largest absolute Gasteiger partial charge is 0.494 e. The van der Waals surface area contributed by atoms with Gasteiger partial charge in [0.15, 0.2) is 0 Å². The van der Waals surface area contributed by atoms with Crippen LogP contribution in [0.4, 0.5) is 0 Å². The minimum atomic E-state index is 0.238. The summed E-state index contributed by atoms with van der Waals surface area (Å²) >= 11 is 0. The molecule has 2 aromatic rings. The SMILES string of the molecule is CCNC(c1ccc(OCC)cc1)c1ccccc1CC. The molecule has 2 heteroatoms. The van der Waals surface area contributed by atoms with E-state index in [1.807, 2.05) is 6.92 Å². The Morgan fingerprint density at radius 2 is 1.67 bits per heavy atom. The number of rotatable bonds is 7.